The van der Waals surface area contributed by atoms with Gasteiger partial charge in [-0.2, -0.15) is 0 Å². The van der Waals surface area contributed by atoms with Crippen LogP contribution in [0.1, 0.15) is 48.8 Å². The summed E-state index contributed by atoms with van der Waals surface area (Å²) in [6.07, 6.45) is 0.167. The minimum atomic E-state index is -0.751. The highest BCUT2D eigenvalue weighted by atomic mass is 32.1. The first-order valence-corrected chi connectivity index (χ1v) is 7.09. The number of aryl methyl sites for hydroxylation is 2. The highest BCUT2D eigenvalue weighted by Gasteiger charge is 2.24. The Hall–Kier alpha value is -0.940. The van der Waals surface area contributed by atoms with Crippen molar-refractivity contribution in [3.63, 3.8) is 0 Å². The number of hydrogen-bond donors (Lipinski definition) is 1. The van der Waals surface area contributed by atoms with Crippen molar-refractivity contribution in [1.29, 1.82) is 0 Å². The van der Waals surface area contributed by atoms with E-state index in [-0.39, 0.29) is 18.5 Å². The Morgan fingerprint density at radius 2 is 2.06 bits per heavy atom. The lowest BCUT2D eigenvalue weighted by atomic mass is 10.1. The molecule has 1 aromatic heterocycles. The average molecular weight is 270 g/mol. The fourth-order valence-electron chi connectivity index (χ4n) is 2.43. The molecular formula is C13H22N2O2S. The summed E-state index contributed by atoms with van der Waals surface area (Å²) in [5.41, 5.74) is 1.08. The zero-order valence-corrected chi connectivity index (χ0v) is 12.5. The van der Waals surface area contributed by atoms with Crippen LogP contribution in [-0.4, -0.2) is 33.5 Å². The van der Waals surface area contributed by atoms with Crippen LogP contribution < -0.4 is 0 Å². The summed E-state index contributed by atoms with van der Waals surface area (Å²) < 4.78 is 0. The van der Waals surface area contributed by atoms with E-state index in [4.69, 9.17) is 5.11 Å². The van der Waals surface area contributed by atoms with E-state index in [0.29, 0.717) is 0 Å². The summed E-state index contributed by atoms with van der Waals surface area (Å²) in [6.45, 7) is 11.0. The quantitative estimate of drug-likeness (QED) is 0.863. The van der Waals surface area contributed by atoms with Crippen LogP contribution in [0.25, 0.3) is 0 Å². The van der Waals surface area contributed by atoms with Crippen molar-refractivity contribution in [3.8, 4) is 0 Å². The molecule has 0 aliphatic rings. The first-order valence-electron chi connectivity index (χ1n) is 6.28. The molecule has 0 saturated carbocycles. The van der Waals surface area contributed by atoms with Crippen LogP contribution in [0.4, 0.5) is 0 Å². The molecule has 102 valence electrons. The molecule has 0 spiro atoms. The molecule has 1 N–H and O–H groups in total. The molecule has 4 nitrogen and oxygen atoms in total. The monoisotopic (exact) mass is 270 g/mol. The van der Waals surface area contributed by atoms with E-state index in [1.165, 1.54) is 4.88 Å². The first kappa shape index (κ1) is 15.1. The van der Waals surface area contributed by atoms with Gasteiger partial charge in [0.15, 0.2) is 0 Å². The smallest absolute Gasteiger partial charge is 0.304 e. The van der Waals surface area contributed by atoms with Crippen LogP contribution >= 0.6 is 11.3 Å². The van der Waals surface area contributed by atoms with Crippen molar-refractivity contribution in [3.05, 3.63) is 15.6 Å². The van der Waals surface area contributed by atoms with Gasteiger partial charge >= 0.3 is 5.97 Å². The second-order valence-electron chi connectivity index (χ2n) is 4.63. The van der Waals surface area contributed by atoms with Gasteiger partial charge in [0.05, 0.1) is 23.2 Å². The Balaban J connectivity index is 2.88. The Morgan fingerprint density at radius 3 is 2.44 bits per heavy atom. The molecule has 2 unspecified atom stereocenters. The third-order valence-corrected chi connectivity index (χ3v) is 4.14. The van der Waals surface area contributed by atoms with Crippen molar-refractivity contribution in [2.75, 3.05) is 6.54 Å². The van der Waals surface area contributed by atoms with Crippen molar-refractivity contribution >= 4 is 17.3 Å². The topological polar surface area (TPSA) is 53.4 Å². The third-order valence-electron chi connectivity index (χ3n) is 3.23. The third kappa shape index (κ3) is 3.53. The molecule has 0 radical (unpaired) electrons. The van der Waals surface area contributed by atoms with Gasteiger partial charge in [-0.05, 0) is 34.2 Å². The van der Waals surface area contributed by atoms with Crippen LogP contribution in [0.15, 0.2) is 0 Å². The van der Waals surface area contributed by atoms with E-state index in [9.17, 15) is 4.79 Å². The van der Waals surface area contributed by atoms with Gasteiger partial charge in [-0.25, -0.2) is 4.98 Å². The van der Waals surface area contributed by atoms with Gasteiger partial charge in [0.25, 0.3) is 0 Å². The Kier molecular flexibility index (Phi) is 5.28. The van der Waals surface area contributed by atoms with Crippen LogP contribution in [0.2, 0.25) is 0 Å². The van der Waals surface area contributed by atoms with E-state index in [1.807, 2.05) is 13.8 Å². The fourth-order valence-corrected chi connectivity index (χ4v) is 3.33. The number of carboxylic acids is 1. The average Bonchev–Trinajstić information content (AvgIpc) is 2.57. The van der Waals surface area contributed by atoms with Crippen LogP contribution in [0, 0.1) is 13.8 Å². The molecule has 1 aromatic rings. The molecule has 0 fully saturated rings. The second kappa shape index (κ2) is 6.29. The largest absolute Gasteiger partial charge is 0.481 e. The van der Waals surface area contributed by atoms with E-state index in [1.54, 1.807) is 11.3 Å². The molecule has 5 heteroatoms. The lowest BCUT2D eigenvalue weighted by molar-refractivity contribution is -0.138. The summed E-state index contributed by atoms with van der Waals surface area (Å²) in [5, 5.41) is 9.97. The number of hydrogen-bond acceptors (Lipinski definition) is 4. The highest BCUT2D eigenvalue weighted by Crippen LogP contribution is 2.28. The summed E-state index contributed by atoms with van der Waals surface area (Å²) >= 11 is 1.70. The maximum absolute atomic E-state index is 10.8. The molecule has 0 bridgehead atoms. The van der Waals surface area contributed by atoms with E-state index in [2.05, 4.69) is 30.7 Å². The molecular weight excluding hydrogens is 248 g/mol. The molecule has 0 saturated heterocycles. The minimum Gasteiger partial charge on any atom is -0.481 e. The minimum absolute atomic E-state index is 0.0175. The standard InChI is InChI=1S/C13H22N2O2S/c1-6-15(8(2)7-12(16)17)9(3)13-10(4)18-11(5)14-13/h8-9H,6-7H2,1-5H3,(H,16,17). The van der Waals surface area contributed by atoms with Gasteiger partial charge in [-0.1, -0.05) is 6.92 Å². The van der Waals surface area contributed by atoms with Gasteiger partial charge in [-0.3, -0.25) is 9.69 Å². The number of aromatic nitrogens is 1. The van der Waals surface area contributed by atoms with Crippen LogP contribution in [-0.2, 0) is 4.79 Å². The fraction of sp³-hybridized carbons (Fsp3) is 0.692. The summed E-state index contributed by atoms with van der Waals surface area (Å²) in [5.74, 6) is -0.751. The normalized spacial score (nSPS) is 14.8. The number of carbonyl (C=O) groups is 1. The van der Waals surface area contributed by atoms with Gasteiger partial charge in [0.2, 0.25) is 0 Å². The molecule has 2 atom stereocenters. The molecule has 18 heavy (non-hydrogen) atoms. The van der Waals surface area contributed by atoms with Crippen molar-refractivity contribution in [1.82, 2.24) is 9.88 Å². The first-order chi connectivity index (χ1) is 8.36. The van der Waals surface area contributed by atoms with Crippen molar-refractivity contribution in [2.24, 2.45) is 0 Å². The lowest BCUT2D eigenvalue weighted by Crippen LogP contribution is -2.37. The zero-order valence-electron chi connectivity index (χ0n) is 11.7. The van der Waals surface area contributed by atoms with Gasteiger partial charge in [-0.15, -0.1) is 11.3 Å². The maximum atomic E-state index is 10.8. The van der Waals surface area contributed by atoms with Gasteiger partial charge < -0.3 is 5.11 Å². The molecule has 0 aromatic carbocycles. The lowest BCUT2D eigenvalue weighted by Gasteiger charge is -2.32. The summed E-state index contributed by atoms with van der Waals surface area (Å²) in [6, 6.07) is 0.179. The second-order valence-corrected chi connectivity index (χ2v) is 6.03. The number of carboxylic acid groups (broad SMARTS) is 1. The molecule has 0 aliphatic heterocycles. The number of aliphatic carboxylic acids is 1. The van der Waals surface area contributed by atoms with E-state index >= 15 is 0 Å². The highest BCUT2D eigenvalue weighted by molar-refractivity contribution is 7.11. The van der Waals surface area contributed by atoms with E-state index in [0.717, 1.165) is 17.2 Å². The Labute approximate surface area is 113 Å². The van der Waals surface area contributed by atoms with E-state index < -0.39 is 5.97 Å². The van der Waals surface area contributed by atoms with Crippen LogP contribution in [0.3, 0.4) is 0 Å². The maximum Gasteiger partial charge on any atom is 0.304 e. The van der Waals surface area contributed by atoms with Crippen molar-refractivity contribution in [2.45, 2.75) is 53.1 Å². The van der Waals surface area contributed by atoms with Gasteiger partial charge in [0, 0.05) is 10.9 Å². The molecule has 0 amide bonds. The molecule has 1 rings (SSSR count). The number of thiazole rings is 1. The predicted molar refractivity (Wildman–Crippen MR) is 74.1 cm³/mol. The SMILES string of the molecule is CCN(C(C)CC(=O)O)C(C)c1nc(C)sc1C. The zero-order chi connectivity index (χ0) is 13.9. The molecule has 1 heterocycles. The van der Waals surface area contributed by atoms with Gasteiger partial charge in [0.1, 0.15) is 0 Å². The van der Waals surface area contributed by atoms with Crippen LogP contribution in [0.5, 0.6) is 0 Å². The van der Waals surface area contributed by atoms with Crippen molar-refractivity contribution < 1.29 is 9.90 Å². The summed E-state index contributed by atoms with van der Waals surface area (Å²) in [4.78, 5) is 18.8. The summed E-state index contributed by atoms with van der Waals surface area (Å²) in [7, 11) is 0. The number of nitrogens with zero attached hydrogens (tertiary/aromatic N) is 2. The Morgan fingerprint density at radius 1 is 1.44 bits per heavy atom. The predicted octanol–water partition coefficient (Wildman–Crippen LogP) is 3.01. The molecule has 0 aliphatic carbocycles. The number of rotatable bonds is 6. The Bertz CT molecular complexity index is 417.